The predicted molar refractivity (Wildman–Crippen MR) is 65.2 cm³/mol. The van der Waals surface area contributed by atoms with E-state index in [0.717, 1.165) is 36.2 Å². The molecule has 2 heterocycles. The molecular formula is C10H13Br2NO2. The van der Waals surface area contributed by atoms with E-state index in [-0.39, 0.29) is 0 Å². The van der Waals surface area contributed by atoms with Gasteiger partial charge in [-0.25, -0.2) is 0 Å². The molecule has 1 atom stereocenters. The molecule has 1 aliphatic heterocycles. The van der Waals surface area contributed by atoms with Gasteiger partial charge in [-0.05, 0) is 22.0 Å². The zero-order valence-corrected chi connectivity index (χ0v) is 11.5. The molecular weight excluding hydrogens is 326 g/mol. The molecule has 0 saturated carbocycles. The van der Waals surface area contributed by atoms with Crippen molar-refractivity contribution < 1.29 is 9.15 Å². The molecule has 15 heavy (non-hydrogen) atoms. The zero-order valence-electron chi connectivity index (χ0n) is 8.29. The lowest BCUT2D eigenvalue weighted by Gasteiger charge is -2.31. The summed E-state index contributed by atoms with van der Waals surface area (Å²) < 4.78 is 11.6. The largest absolute Gasteiger partial charge is 0.457 e. The summed E-state index contributed by atoms with van der Waals surface area (Å²) in [5, 5.41) is 0.901. The highest BCUT2D eigenvalue weighted by Gasteiger charge is 2.19. The maximum Gasteiger partial charge on any atom is 0.169 e. The smallest absolute Gasteiger partial charge is 0.169 e. The number of ether oxygens (including phenoxy) is 1. The fourth-order valence-corrected chi connectivity index (χ4v) is 2.48. The van der Waals surface area contributed by atoms with Crippen LogP contribution in [0.5, 0.6) is 0 Å². The third kappa shape index (κ3) is 3.31. The molecule has 1 unspecified atom stereocenters. The molecule has 1 aromatic heterocycles. The van der Waals surface area contributed by atoms with Crippen LogP contribution in [0.15, 0.2) is 21.4 Å². The molecule has 0 N–H and O–H groups in total. The first kappa shape index (κ1) is 11.6. The number of alkyl halides is 1. The average molecular weight is 339 g/mol. The second kappa shape index (κ2) is 5.48. The van der Waals surface area contributed by atoms with Crippen molar-refractivity contribution in [3.05, 3.63) is 22.6 Å². The maximum atomic E-state index is 5.58. The van der Waals surface area contributed by atoms with Crippen LogP contribution in [0.4, 0.5) is 0 Å². The molecule has 1 saturated heterocycles. The highest BCUT2D eigenvalue weighted by Crippen LogP contribution is 2.17. The van der Waals surface area contributed by atoms with Gasteiger partial charge in [0, 0.05) is 30.5 Å². The van der Waals surface area contributed by atoms with Gasteiger partial charge in [0.05, 0.1) is 19.0 Å². The van der Waals surface area contributed by atoms with Gasteiger partial charge < -0.3 is 9.15 Å². The summed E-state index contributed by atoms with van der Waals surface area (Å²) in [5.41, 5.74) is 1.21. The Kier molecular flexibility index (Phi) is 4.25. The van der Waals surface area contributed by atoms with Gasteiger partial charge in [0.15, 0.2) is 4.67 Å². The van der Waals surface area contributed by atoms with E-state index in [4.69, 9.17) is 9.15 Å². The molecule has 1 fully saturated rings. The van der Waals surface area contributed by atoms with Gasteiger partial charge in [-0.3, -0.25) is 4.90 Å². The second-order valence-corrected chi connectivity index (χ2v) is 5.07. The molecule has 0 spiro atoms. The Morgan fingerprint density at radius 3 is 3.07 bits per heavy atom. The number of halogens is 2. The average Bonchev–Trinajstić information content (AvgIpc) is 2.64. The van der Waals surface area contributed by atoms with Crippen LogP contribution in [0.2, 0.25) is 0 Å². The molecule has 3 nitrogen and oxygen atoms in total. The Hall–Kier alpha value is 0.160. The zero-order chi connectivity index (χ0) is 10.7. The lowest BCUT2D eigenvalue weighted by molar-refractivity contribution is -0.0181. The van der Waals surface area contributed by atoms with E-state index in [1.54, 1.807) is 6.26 Å². The van der Waals surface area contributed by atoms with Crippen molar-refractivity contribution in [2.45, 2.75) is 12.6 Å². The number of morpholine rings is 1. The fourth-order valence-electron chi connectivity index (χ4n) is 1.70. The highest BCUT2D eigenvalue weighted by molar-refractivity contribution is 9.10. The summed E-state index contributed by atoms with van der Waals surface area (Å²) in [5.74, 6) is 0. The van der Waals surface area contributed by atoms with E-state index < -0.39 is 0 Å². The first-order chi connectivity index (χ1) is 7.28. The lowest BCUT2D eigenvalue weighted by Crippen LogP contribution is -2.42. The van der Waals surface area contributed by atoms with Gasteiger partial charge in [-0.1, -0.05) is 15.9 Å². The number of hydrogen-bond acceptors (Lipinski definition) is 3. The van der Waals surface area contributed by atoms with E-state index in [9.17, 15) is 0 Å². The van der Waals surface area contributed by atoms with Gasteiger partial charge in [-0.2, -0.15) is 0 Å². The van der Waals surface area contributed by atoms with Gasteiger partial charge in [0.1, 0.15) is 0 Å². The minimum Gasteiger partial charge on any atom is -0.457 e. The lowest BCUT2D eigenvalue weighted by atomic mass is 10.2. The van der Waals surface area contributed by atoms with Gasteiger partial charge >= 0.3 is 0 Å². The van der Waals surface area contributed by atoms with Gasteiger partial charge in [0.25, 0.3) is 0 Å². The minimum absolute atomic E-state index is 0.314. The first-order valence-corrected chi connectivity index (χ1v) is 6.82. The van der Waals surface area contributed by atoms with Crippen LogP contribution in [0.1, 0.15) is 5.56 Å². The van der Waals surface area contributed by atoms with Gasteiger partial charge in [0.2, 0.25) is 0 Å². The summed E-state index contributed by atoms with van der Waals surface area (Å²) >= 11 is 6.76. The molecule has 0 radical (unpaired) electrons. The van der Waals surface area contributed by atoms with Crippen molar-refractivity contribution in [2.24, 2.45) is 0 Å². The summed E-state index contributed by atoms with van der Waals surface area (Å²) in [6.45, 7) is 3.72. The fraction of sp³-hybridized carbons (Fsp3) is 0.600. The summed E-state index contributed by atoms with van der Waals surface area (Å²) in [4.78, 5) is 2.38. The SMILES string of the molecule is BrCC1CN(Cc2coc(Br)c2)CCO1. The van der Waals surface area contributed by atoms with Crippen LogP contribution in [-0.2, 0) is 11.3 Å². The molecule has 0 aliphatic carbocycles. The minimum atomic E-state index is 0.314. The molecule has 2 rings (SSSR count). The molecule has 0 aromatic carbocycles. The van der Waals surface area contributed by atoms with Crippen molar-refractivity contribution in [3.63, 3.8) is 0 Å². The summed E-state index contributed by atoms with van der Waals surface area (Å²) in [6, 6.07) is 2.01. The van der Waals surface area contributed by atoms with Crippen molar-refractivity contribution in [1.82, 2.24) is 4.90 Å². The maximum absolute atomic E-state index is 5.58. The third-order valence-electron chi connectivity index (χ3n) is 2.42. The molecule has 1 aliphatic rings. The van der Waals surface area contributed by atoms with Gasteiger partial charge in [-0.15, -0.1) is 0 Å². The number of hydrogen-bond donors (Lipinski definition) is 0. The first-order valence-electron chi connectivity index (χ1n) is 4.91. The van der Waals surface area contributed by atoms with Crippen molar-refractivity contribution in [1.29, 1.82) is 0 Å². The quantitative estimate of drug-likeness (QED) is 0.792. The Bertz CT molecular complexity index is 316. The Morgan fingerprint density at radius 2 is 2.40 bits per heavy atom. The highest BCUT2D eigenvalue weighted by atomic mass is 79.9. The van der Waals surface area contributed by atoms with Crippen LogP contribution in [0.3, 0.4) is 0 Å². The topological polar surface area (TPSA) is 25.6 Å². The standard InChI is InChI=1S/C10H13Br2NO2/c11-4-9-6-13(1-2-14-9)5-8-3-10(12)15-7-8/h3,7,9H,1-2,4-6H2. The molecule has 1 aromatic rings. The monoisotopic (exact) mass is 337 g/mol. The molecule has 5 heteroatoms. The summed E-state index contributed by atoms with van der Waals surface area (Å²) in [7, 11) is 0. The van der Waals surface area contributed by atoms with E-state index >= 15 is 0 Å². The van der Waals surface area contributed by atoms with Crippen molar-refractivity contribution in [2.75, 3.05) is 25.0 Å². The predicted octanol–water partition coefficient (Wildman–Crippen LogP) is 2.64. The van der Waals surface area contributed by atoms with Crippen molar-refractivity contribution in [3.8, 4) is 0 Å². The number of rotatable bonds is 3. The van der Waals surface area contributed by atoms with Crippen LogP contribution < -0.4 is 0 Å². The van der Waals surface area contributed by atoms with Crippen molar-refractivity contribution >= 4 is 31.9 Å². The Labute approximate surface area is 106 Å². The van der Waals surface area contributed by atoms with Crippen LogP contribution in [0, 0.1) is 0 Å². The van der Waals surface area contributed by atoms with E-state index in [0.29, 0.717) is 6.10 Å². The third-order valence-corrected chi connectivity index (χ3v) is 3.56. The van der Waals surface area contributed by atoms with E-state index in [1.807, 2.05) is 6.07 Å². The Balaban J connectivity index is 1.88. The second-order valence-electron chi connectivity index (χ2n) is 3.64. The molecule has 84 valence electrons. The van der Waals surface area contributed by atoms with E-state index in [1.165, 1.54) is 5.56 Å². The summed E-state index contributed by atoms with van der Waals surface area (Å²) in [6.07, 6.45) is 2.11. The molecule has 0 bridgehead atoms. The van der Waals surface area contributed by atoms with Crippen LogP contribution >= 0.6 is 31.9 Å². The Morgan fingerprint density at radius 1 is 1.53 bits per heavy atom. The number of furan rings is 1. The van der Waals surface area contributed by atoms with Crippen LogP contribution in [0.25, 0.3) is 0 Å². The normalized spacial score (nSPS) is 23.2. The molecule has 0 amide bonds. The number of nitrogens with zero attached hydrogens (tertiary/aromatic N) is 1. The van der Waals surface area contributed by atoms with Crippen LogP contribution in [-0.4, -0.2) is 36.0 Å². The van der Waals surface area contributed by atoms with E-state index in [2.05, 4.69) is 36.8 Å².